The quantitative estimate of drug-likeness (QED) is 0.734. The molecule has 150 valence electrons. The number of carbonyl (C=O) groups is 1. The smallest absolute Gasteiger partial charge is 0.315 e. The summed E-state index contributed by atoms with van der Waals surface area (Å²) in [5.41, 5.74) is 2.07. The number of likely N-dealkylation sites (tertiary alicyclic amines) is 1. The zero-order chi connectivity index (χ0) is 19.8. The highest BCUT2D eigenvalue weighted by molar-refractivity contribution is 5.74. The Morgan fingerprint density at radius 1 is 1.04 bits per heavy atom. The molecule has 1 unspecified atom stereocenters. The standard InChI is InChI=1S/C22H29N3O3/c1-27-20-11-10-17(14-21(20)28-2)15-23-22(26)24-19(16-25-12-6-7-13-25)18-8-4-3-5-9-18/h3-5,8-11,14,19H,6-7,12-13,15-16H2,1-2H3,(H2,23,24,26). The molecule has 0 spiro atoms. The molecule has 0 aromatic heterocycles. The molecule has 1 fully saturated rings. The highest BCUT2D eigenvalue weighted by Crippen LogP contribution is 2.27. The summed E-state index contributed by atoms with van der Waals surface area (Å²) in [6, 6.07) is 15.6. The van der Waals surface area contributed by atoms with Gasteiger partial charge in [0.2, 0.25) is 0 Å². The van der Waals surface area contributed by atoms with Gasteiger partial charge in [-0.15, -0.1) is 0 Å². The van der Waals surface area contributed by atoms with Gasteiger partial charge in [0.25, 0.3) is 0 Å². The van der Waals surface area contributed by atoms with Gasteiger partial charge in [-0.25, -0.2) is 4.79 Å². The summed E-state index contributed by atoms with van der Waals surface area (Å²) in [4.78, 5) is 15.0. The zero-order valence-electron chi connectivity index (χ0n) is 16.6. The van der Waals surface area contributed by atoms with Crippen LogP contribution in [0.4, 0.5) is 4.79 Å². The number of ether oxygens (including phenoxy) is 2. The fourth-order valence-electron chi connectivity index (χ4n) is 3.53. The molecule has 1 saturated heterocycles. The van der Waals surface area contributed by atoms with Gasteiger partial charge in [0.05, 0.1) is 20.3 Å². The molecule has 0 aliphatic carbocycles. The number of benzene rings is 2. The van der Waals surface area contributed by atoms with E-state index in [1.807, 2.05) is 36.4 Å². The Morgan fingerprint density at radius 2 is 1.75 bits per heavy atom. The van der Waals surface area contributed by atoms with Crippen LogP contribution >= 0.6 is 0 Å². The van der Waals surface area contributed by atoms with Crippen molar-refractivity contribution in [3.63, 3.8) is 0 Å². The molecular formula is C22H29N3O3. The second kappa shape index (κ2) is 9.99. The molecule has 0 saturated carbocycles. The van der Waals surface area contributed by atoms with E-state index in [1.165, 1.54) is 12.8 Å². The fraction of sp³-hybridized carbons (Fsp3) is 0.409. The molecule has 6 heteroatoms. The van der Waals surface area contributed by atoms with Crippen molar-refractivity contribution >= 4 is 6.03 Å². The van der Waals surface area contributed by atoms with Crippen molar-refractivity contribution in [3.05, 3.63) is 59.7 Å². The van der Waals surface area contributed by atoms with Crippen LogP contribution in [-0.4, -0.2) is 44.8 Å². The molecular weight excluding hydrogens is 354 g/mol. The highest BCUT2D eigenvalue weighted by Gasteiger charge is 2.20. The van der Waals surface area contributed by atoms with Crippen LogP contribution in [0.15, 0.2) is 48.5 Å². The maximum atomic E-state index is 12.6. The van der Waals surface area contributed by atoms with E-state index in [0.29, 0.717) is 18.0 Å². The van der Waals surface area contributed by atoms with Gasteiger partial charge < -0.3 is 25.0 Å². The second-order valence-corrected chi connectivity index (χ2v) is 6.99. The maximum Gasteiger partial charge on any atom is 0.315 e. The van der Waals surface area contributed by atoms with E-state index < -0.39 is 0 Å². The van der Waals surface area contributed by atoms with Gasteiger partial charge in [0.15, 0.2) is 11.5 Å². The Bertz CT molecular complexity index is 761. The van der Waals surface area contributed by atoms with Crippen molar-refractivity contribution in [2.75, 3.05) is 33.9 Å². The van der Waals surface area contributed by atoms with Gasteiger partial charge in [-0.1, -0.05) is 36.4 Å². The first-order valence-electron chi connectivity index (χ1n) is 9.72. The number of hydrogen-bond donors (Lipinski definition) is 2. The number of methoxy groups -OCH3 is 2. The minimum absolute atomic E-state index is 0.0373. The third-order valence-electron chi connectivity index (χ3n) is 5.05. The summed E-state index contributed by atoms with van der Waals surface area (Å²) in [5, 5.41) is 6.08. The first-order chi connectivity index (χ1) is 13.7. The van der Waals surface area contributed by atoms with Crippen LogP contribution in [0.25, 0.3) is 0 Å². The van der Waals surface area contributed by atoms with E-state index >= 15 is 0 Å². The molecule has 3 rings (SSSR count). The lowest BCUT2D eigenvalue weighted by Gasteiger charge is -2.25. The Balaban J connectivity index is 1.60. The topological polar surface area (TPSA) is 62.8 Å². The Morgan fingerprint density at radius 3 is 2.43 bits per heavy atom. The predicted octanol–water partition coefficient (Wildman–Crippen LogP) is 3.34. The van der Waals surface area contributed by atoms with Gasteiger partial charge >= 0.3 is 6.03 Å². The van der Waals surface area contributed by atoms with Crippen LogP contribution < -0.4 is 20.1 Å². The summed E-state index contributed by atoms with van der Waals surface area (Å²) < 4.78 is 10.6. The summed E-state index contributed by atoms with van der Waals surface area (Å²) in [6.07, 6.45) is 2.46. The molecule has 0 radical (unpaired) electrons. The molecule has 1 aliphatic rings. The first kappa shape index (κ1) is 20.0. The molecule has 28 heavy (non-hydrogen) atoms. The molecule has 2 amide bonds. The van der Waals surface area contributed by atoms with Crippen LogP contribution in [-0.2, 0) is 6.54 Å². The molecule has 1 heterocycles. The number of nitrogens with zero attached hydrogens (tertiary/aromatic N) is 1. The van der Waals surface area contributed by atoms with Crippen LogP contribution in [0.1, 0.15) is 30.0 Å². The van der Waals surface area contributed by atoms with Crippen molar-refractivity contribution in [1.29, 1.82) is 0 Å². The Hall–Kier alpha value is -2.73. The third kappa shape index (κ3) is 5.39. The summed E-state index contributed by atoms with van der Waals surface area (Å²) in [5.74, 6) is 1.32. The SMILES string of the molecule is COc1ccc(CNC(=O)NC(CN2CCCC2)c2ccccc2)cc1OC. The van der Waals surface area contributed by atoms with Crippen LogP contribution in [0.2, 0.25) is 0 Å². The molecule has 2 aromatic carbocycles. The van der Waals surface area contributed by atoms with E-state index in [9.17, 15) is 4.79 Å². The van der Waals surface area contributed by atoms with Crippen molar-refractivity contribution in [2.45, 2.75) is 25.4 Å². The Labute approximate surface area is 166 Å². The van der Waals surface area contributed by atoms with Crippen molar-refractivity contribution in [2.24, 2.45) is 0 Å². The molecule has 1 atom stereocenters. The first-order valence-corrected chi connectivity index (χ1v) is 9.72. The number of urea groups is 1. The average Bonchev–Trinajstić information content (AvgIpc) is 3.25. The zero-order valence-corrected chi connectivity index (χ0v) is 16.6. The van der Waals surface area contributed by atoms with Gasteiger partial charge in [-0.3, -0.25) is 0 Å². The Kier molecular flexibility index (Phi) is 7.14. The van der Waals surface area contributed by atoms with E-state index in [0.717, 1.165) is 30.8 Å². The third-order valence-corrected chi connectivity index (χ3v) is 5.05. The normalized spacial score (nSPS) is 15.1. The van der Waals surface area contributed by atoms with Crippen molar-refractivity contribution in [1.82, 2.24) is 15.5 Å². The minimum Gasteiger partial charge on any atom is -0.493 e. The summed E-state index contributed by atoms with van der Waals surface area (Å²) in [6.45, 7) is 3.43. The molecule has 1 aliphatic heterocycles. The van der Waals surface area contributed by atoms with E-state index in [-0.39, 0.29) is 12.1 Å². The lowest BCUT2D eigenvalue weighted by molar-refractivity contribution is 0.229. The van der Waals surface area contributed by atoms with Gasteiger partial charge in [-0.05, 0) is 49.2 Å². The van der Waals surface area contributed by atoms with Crippen molar-refractivity contribution < 1.29 is 14.3 Å². The molecule has 2 aromatic rings. The average molecular weight is 383 g/mol. The lowest BCUT2D eigenvalue weighted by Crippen LogP contribution is -2.42. The predicted molar refractivity (Wildman–Crippen MR) is 110 cm³/mol. The molecule has 6 nitrogen and oxygen atoms in total. The van der Waals surface area contributed by atoms with Crippen LogP contribution in [0.5, 0.6) is 11.5 Å². The molecule has 2 N–H and O–H groups in total. The van der Waals surface area contributed by atoms with E-state index in [2.05, 4.69) is 27.7 Å². The number of carbonyl (C=O) groups excluding carboxylic acids is 1. The van der Waals surface area contributed by atoms with E-state index in [1.54, 1.807) is 14.2 Å². The highest BCUT2D eigenvalue weighted by atomic mass is 16.5. The number of amides is 2. The fourth-order valence-corrected chi connectivity index (χ4v) is 3.53. The maximum absolute atomic E-state index is 12.6. The van der Waals surface area contributed by atoms with E-state index in [4.69, 9.17) is 9.47 Å². The number of hydrogen-bond acceptors (Lipinski definition) is 4. The largest absolute Gasteiger partial charge is 0.493 e. The second-order valence-electron chi connectivity index (χ2n) is 6.99. The van der Waals surface area contributed by atoms with Gasteiger partial charge in [0, 0.05) is 13.1 Å². The number of nitrogens with one attached hydrogen (secondary N) is 2. The van der Waals surface area contributed by atoms with Gasteiger partial charge in [0.1, 0.15) is 0 Å². The van der Waals surface area contributed by atoms with Crippen molar-refractivity contribution in [3.8, 4) is 11.5 Å². The van der Waals surface area contributed by atoms with Crippen LogP contribution in [0.3, 0.4) is 0 Å². The number of rotatable bonds is 8. The van der Waals surface area contributed by atoms with Gasteiger partial charge in [-0.2, -0.15) is 0 Å². The summed E-state index contributed by atoms with van der Waals surface area (Å²) in [7, 11) is 3.21. The molecule has 0 bridgehead atoms. The monoisotopic (exact) mass is 383 g/mol. The summed E-state index contributed by atoms with van der Waals surface area (Å²) >= 11 is 0. The van der Waals surface area contributed by atoms with Crippen LogP contribution in [0, 0.1) is 0 Å². The minimum atomic E-state index is -0.178. The lowest BCUT2D eigenvalue weighted by atomic mass is 10.1.